The van der Waals surface area contributed by atoms with Gasteiger partial charge in [-0.05, 0) is 49.1 Å². The van der Waals surface area contributed by atoms with Crippen molar-refractivity contribution in [3.63, 3.8) is 0 Å². The van der Waals surface area contributed by atoms with Crippen LogP contribution in [0.25, 0.3) is 0 Å². The highest BCUT2D eigenvalue weighted by Crippen LogP contribution is 2.28. The highest BCUT2D eigenvalue weighted by Gasteiger charge is 2.18. The van der Waals surface area contributed by atoms with Crippen molar-refractivity contribution in [2.24, 2.45) is 0 Å². The number of hydrogen-bond donors (Lipinski definition) is 1. The first-order valence-corrected chi connectivity index (χ1v) is 6.52. The van der Waals surface area contributed by atoms with Gasteiger partial charge in [0.1, 0.15) is 5.82 Å². The van der Waals surface area contributed by atoms with Gasteiger partial charge in [0.05, 0.1) is 18.9 Å². The third-order valence-electron chi connectivity index (χ3n) is 3.27. The Morgan fingerprint density at radius 2 is 2.28 bits per heavy atom. The summed E-state index contributed by atoms with van der Waals surface area (Å²) in [5, 5.41) is 3.40. The van der Waals surface area contributed by atoms with Gasteiger partial charge in [0.25, 0.3) is 0 Å². The number of halogens is 1. The van der Waals surface area contributed by atoms with E-state index >= 15 is 0 Å². The number of benzene rings is 1. The van der Waals surface area contributed by atoms with Crippen LogP contribution in [0.5, 0.6) is 0 Å². The number of aryl methyl sites for hydroxylation is 1. The first-order chi connectivity index (χ1) is 8.72. The third kappa shape index (κ3) is 2.91. The molecular weight excluding hydrogens is 229 g/mol. The van der Waals surface area contributed by atoms with Gasteiger partial charge in [-0.15, -0.1) is 0 Å². The zero-order chi connectivity index (χ0) is 13.0. The summed E-state index contributed by atoms with van der Waals surface area (Å²) in [6.07, 6.45) is 3.86. The number of ether oxygens (including phenoxy) is 1. The van der Waals surface area contributed by atoms with E-state index in [2.05, 4.69) is 12.2 Å². The van der Waals surface area contributed by atoms with Crippen LogP contribution in [0.2, 0.25) is 0 Å². The molecule has 98 valence electrons. The average molecular weight is 249 g/mol. The summed E-state index contributed by atoms with van der Waals surface area (Å²) in [5.41, 5.74) is 2.85. The van der Waals surface area contributed by atoms with Crippen LogP contribution in [-0.2, 0) is 4.74 Å². The van der Waals surface area contributed by atoms with Crippen molar-refractivity contribution in [1.82, 2.24) is 5.32 Å². The molecule has 0 saturated carbocycles. The van der Waals surface area contributed by atoms with Gasteiger partial charge in [0, 0.05) is 0 Å². The normalized spacial score (nSPS) is 16.9. The van der Waals surface area contributed by atoms with Gasteiger partial charge in [-0.1, -0.05) is 19.1 Å². The highest BCUT2D eigenvalue weighted by atomic mass is 19.1. The lowest BCUT2D eigenvalue weighted by Gasteiger charge is -2.24. The van der Waals surface area contributed by atoms with Crippen LogP contribution in [0.4, 0.5) is 4.39 Å². The quantitative estimate of drug-likeness (QED) is 0.882. The summed E-state index contributed by atoms with van der Waals surface area (Å²) in [5.74, 6) is -0.146. The zero-order valence-electron chi connectivity index (χ0n) is 11.0. The molecule has 1 heterocycles. The molecule has 0 radical (unpaired) electrons. The molecule has 0 saturated heterocycles. The van der Waals surface area contributed by atoms with Crippen LogP contribution >= 0.6 is 0 Å². The van der Waals surface area contributed by atoms with Crippen LogP contribution < -0.4 is 5.32 Å². The Labute approximate surface area is 108 Å². The molecule has 18 heavy (non-hydrogen) atoms. The predicted molar refractivity (Wildman–Crippen MR) is 70.8 cm³/mol. The van der Waals surface area contributed by atoms with Crippen molar-refractivity contribution >= 4 is 0 Å². The van der Waals surface area contributed by atoms with Gasteiger partial charge in [-0.3, -0.25) is 0 Å². The molecule has 1 unspecified atom stereocenters. The van der Waals surface area contributed by atoms with E-state index in [0.717, 1.165) is 31.6 Å². The summed E-state index contributed by atoms with van der Waals surface area (Å²) in [4.78, 5) is 0. The Bertz CT molecular complexity index is 442. The molecular formula is C15H20FNO. The second-order valence-corrected chi connectivity index (χ2v) is 4.67. The van der Waals surface area contributed by atoms with E-state index in [1.54, 1.807) is 13.0 Å². The minimum atomic E-state index is -0.146. The minimum Gasteiger partial charge on any atom is -0.501 e. The van der Waals surface area contributed by atoms with Gasteiger partial charge in [0.15, 0.2) is 0 Å². The molecule has 1 atom stereocenters. The van der Waals surface area contributed by atoms with Crippen LogP contribution in [0.15, 0.2) is 30.0 Å². The molecule has 0 bridgehead atoms. The summed E-state index contributed by atoms with van der Waals surface area (Å²) in [6, 6.07) is 5.50. The van der Waals surface area contributed by atoms with Crippen molar-refractivity contribution in [3.8, 4) is 0 Å². The van der Waals surface area contributed by atoms with Crippen LogP contribution in [0, 0.1) is 12.7 Å². The second-order valence-electron chi connectivity index (χ2n) is 4.67. The molecule has 0 aliphatic carbocycles. The number of rotatable bonds is 4. The topological polar surface area (TPSA) is 21.3 Å². The smallest absolute Gasteiger partial charge is 0.126 e. The Morgan fingerprint density at radius 1 is 1.44 bits per heavy atom. The van der Waals surface area contributed by atoms with Crippen molar-refractivity contribution in [2.45, 2.75) is 32.7 Å². The first-order valence-electron chi connectivity index (χ1n) is 6.52. The highest BCUT2D eigenvalue weighted by molar-refractivity contribution is 5.31. The Hall–Kier alpha value is -1.35. The summed E-state index contributed by atoms with van der Waals surface area (Å²) in [6.45, 7) is 5.47. The molecule has 1 aliphatic rings. The van der Waals surface area contributed by atoms with Crippen molar-refractivity contribution in [2.75, 3.05) is 13.2 Å². The van der Waals surface area contributed by atoms with E-state index < -0.39 is 0 Å². The van der Waals surface area contributed by atoms with Gasteiger partial charge in [-0.25, -0.2) is 4.39 Å². The number of nitrogens with one attached hydrogen (secondary N) is 1. The van der Waals surface area contributed by atoms with Gasteiger partial charge < -0.3 is 10.1 Å². The maximum atomic E-state index is 13.7. The molecule has 2 nitrogen and oxygen atoms in total. The van der Waals surface area contributed by atoms with E-state index in [1.165, 1.54) is 5.57 Å². The van der Waals surface area contributed by atoms with Crippen molar-refractivity contribution in [1.29, 1.82) is 0 Å². The summed E-state index contributed by atoms with van der Waals surface area (Å²) in [7, 11) is 0. The van der Waals surface area contributed by atoms with Crippen LogP contribution in [0.1, 0.15) is 36.9 Å². The maximum absolute atomic E-state index is 13.7. The Kier molecular flexibility index (Phi) is 4.37. The fraction of sp³-hybridized carbons (Fsp3) is 0.467. The van der Waals surface area contributed by atoms with E-state index in [0.29, 0.717) is 5.56 Å². The van der Waals surface area contributed by atoms with E-state index in [9.17, 15) is 4.39 Å². The van der Waals surface area contributed by atoms with Gasteiger partial charge >= 0.3 is 0 Å². The molecule has 0 amide bonds. The fourth-order valence-corrected chi connectivity index (χ4v) is 2.25. The monoisotopic (exact) mass is 249 g/mol. The van der Waals surface area contributed by atoms with Crippen LogP contribution in [-0.4, -0.2) is 13.2 Å². The van der Waals surface area contributed by atoms with Gasteiger partial charge in [0.2, 0.25) is 0 Å². The standard InChI is InChI=1S/C15H20FNO/c1-3-17-15(13-5-4-8-18-10-13)12-7-6-11(2)14(16)9-12/h6-7,9-10,15,17H,3-5,8H2,1-2H3. The molecule has 1 N–H and O–H groups in total. The molecule has 1 aromatic carbocycles. The summed E-state index contributed by atoms with van der Waals surface area (Å²) >= 11 is 0. The van der Waals surface area contributed by atoms with Crippen LogP contribution in [0.3, 0.4) is 0 Å². The summed E-state index contributed by atoms with van der Waals surface area (Å²) < 4.78 is 19.1. The molecule has 3 heteroatoms. The zero-order valence-corrected chi connectivity index (χ0v) is 11.0. The molecule has 1 aromatic rings. The molecule has 2 rings (SSSR count). The molecule has 0 fully saturated rings. The first kappa shape index (κ1) is 13.1. The van der Waals surface area contributed by atoms with Crippen molar-refractivity contribution in [3.05, 3.63) is 47.0 Å². The number of likely N-dealkylation sites (N-methyl/N-ethyl adjacent to an activating group) is 1. The SMILES string of the molecule is CCNC(C1=COCCC1)c1ccc(C)c(F)c1. The Balaban J connectivity index is 2.28. The molecule has 1 aliphatic heterocycles. The lowest BCUT2D eigenvalue weighted by molar-refractivity contribution is 0.219. The third-order valence-corrected chi connectivity index (χ3v) is 3.27. The predicted octanol–water partition coefficient (Wildman–Crippen LogP) is 3.48. The molecule has 0 aromatic heterocycles. The lowest BCUT2D eigenvalue weighted by Crippen LogP contribution is -2.24. The minimum absolute atomic E-state index is 0.0606. The molecule has 0 spiro atoms. The fourth-order valence-electron chi connectivity index (χ4n) is 2.25. The second kappa shape index (κ2) is 6.01. The maximum Gasteiger partial charge on any atom is 0.126 e. The lowest BCUT2D eigenvalue weighted by atomic mass is 9.94. The van der Waals surface area contributed by atoms with Crippen molar-refractivity contribution < 1.29 is 9.13 Å². The van der Waals surface area contributed by atoms with E-state index in [4.69, 9.17) is 4.74 Å². The largest absolute Gasteiger partial charge is 0.501 e. The Morgan fingerprint density at radius 3 is 2.89 bits per heavy atom. The van der Waals surface area contributed by atoms with E-state index in [1.807, 2.05) is 18.4 Å². The number of hydrogen-bond acceptors (Lipinski definition) is 2. The van der Waals surface area contributed by atoms with Gasteiger partial charge in [-0.2, -0.15) is 0 Å². The van der Waals surface area contributed by atoms with E-state index in [-0.39, 0.29) is 11.9 Å². The average Bonchev–Trinajstić information content (AvgIpc) is 2.40.